The smallest absolute Gasteiger partial charge is 0.328 e. The van der Waals surface area contributed by atoms with Gasteiger partial charge in [-0.15, -0.1) is 0 Å². The minimum atomic E-state index is -0.292. The van der Waals surface area contributed by atoms with Crippen molar-refractivity contribution in [2.24, 2.45) is 17.2 Å². The molecule has 8 N–H and O–H groups in total. The maximum atomic E-state index is 11.0. The Kier molecular flexibility index (Phi) is 29.0. The van der Waals surface area contributed by atoms with Crippen LogP contribution in [-0.2, 0) is 37.5 Å². The highest BCUT2D eigenvalue weighted by Crippen LogP contribution is 2.35. The average Bonchev–Trinajstić information content (AvgIpc) is 1.70. The summed E-state index contributed by atoms with van der Waals surface area (Å²) in [6.07, 6.45) is 5.83. The van der Waals surface area contributed by atoms with Crippen LogP contribution in [0.1, 0.15) is 151 Å². The fraction of sp³-hybridized carbons (Fsp3) is 0.449. The molecular formula is C69H95B6N3O16. The number of nitrogens with two attached hydrogens (primary N) is 3. The van der Waals surface area contributed by atoms with Crippen LogP contribution in [-0.4, -0.2) is 110 Å². The predicted molar refractivity (Wildman–Crippen MR) is 377 cm³/mol. The van der Waals surface area contributed by atoms with Crippen LogP contribution in [0.5, 0.6) is 34.5 Å². The number of hydrogen-bond donors (Lipinski definition) is 5. The van der Waals surface area contributed by atoms with E-state index in [9.17, 15) is 9.59 Å². The maximum absolute atomic E-state index is 11.0. The monoisotopic (exact) mass is 1290 g/mol. The van der Waals surface area contributed by atoms with Crippen molar-refractivity contribution in [3.05, 3.63) is 143 Å². The van der Waals surface area contributed by atoms with Crippen molar-refractivity contribution in [2.75, 3.05) is 46.8 Å². The molecule has 6 unspecified atom stereocenters. The second-order valence-electron chi connectivity index (χ2n) is 23.7. The summed E-state index contributed by atoms with van der Waals surface area (Å²) in [4.78, 5) is 21.8. The molecule has 94 heavy (non-hydrogen) atoms. The third-order valence-corrected chi connectivity index (χ3v) is 17.2. The molecule has 0 aromatic heterocycles. The third-order valence-electron chi connectivity index (χ3n) is 17.2. The van der Waals surface area contributed by atoms with E-state index in [1.165, 1.54) is 52.6 Å². The van der Waals surface area contributed by atoms with Gasteiger partial charge in [0.05, 0.1) is 36.6 Å². The van der Waals surface area contributed by atoms with E-state index in [0.29, 0.717) is 18.0 Å². The lowest BCUT2D eigenvalue weighted by molar-refractivity contribution is -0.119. The molecule has 0 amide bonds. The van der Waals surface area contributed by atoms with Gasteiger partial charge in [-0.2, -0.15) is 0 Å². The van der Waals surface area contributed by atoms with Crippen molar-refractivity contribution in [3.63, 3.8) is 0 Å². The van der Waals surface area contributed by atoms with Crippen LogP contribution in [0.25, 0.3) is 0 Å². The second-order valence-corrected chi connectivity index (χ2v) is 23.7. The number of Topliss-reactive ketones (excluding diaryl/α,β-unsaturated/α-hetero) is 2. The van der Waals surface area contributed by atoms with Gasteiger partial charge in [0.25, 0.3) is 0 Å². The largest absolute Gasteiger partial charge is 0.486 e. The van der Waals surface area contributed by atoms with Crippen molar-refractivity contribution in [1.82, 2.24) is 0 Å². The molecule has 0 radical (unpaired) electrons. The number of ether oxygens (including phenoxy) is 6. The molecule has 6 aliphatic heterocycles. The highest BCUT2D eigenvalue weighted by atomic mass is 16.6. The molecule has 6 aromatic rings. The van der Waals surface area contributed by atoms with Gasteiger partial charge in [-0.3, -0.25) is 21.1 Å². The van der Waals surface area contributed by atoms with Crippen LogP contribution in [0.4, 0.5) is 0 Å². The van der Waals surface area contributed by atoms with E-state index in [0.717, 1.165) is 82.5 Å². The van der Waals surface area contributed by atoms with E-state index in [4.69, 9.17) is 83.8 Å². The van der Waals surface area contributed by atoms with Crippen molar-refractivity contribution < 1.29 is 76.1 Å². The molecule has 6 heterocycles. The Bertz CT molecular complexity index is 3290. The summed E-state index contributed by atoms with van der Waals surface area (Å²) in [6, 6.07) is 35.5. The fourth-order valence-corrected chi connectivity index (χ4v) is 12.9. The standard InChI is InChI=1S/C13H17BO3.C12H16BNO3.2C11H16BNO2.2C11H15BO3/c1-4-11-10-6-5-7-12(16-8-9(2)15)13(10)14(3)17-11;1-8(15)7-16-9-3-4-10-11(5-9)13(2)17-12(10)6-14;1-3-11-9-5-4-8(14-7-13)6-10(9)12(2)15-11;1-3-9-8-5-4-6-10(14-7-13)11(8)12(2)15-9;1-3-11-9-5-4-8(14-7-13)6-10(9)12(2)15-11;1-3-9-8-5-4-6-10(14-7-13)11(8)12(2)15-9/h5-7,11H,4,8H2,1-3H3;3-5,12H,6-7,14H2,1-2H3;4-6,11H,3,7,13H2,1-2H3;4-6,9H,3,7,13H2,1-2H3;4-6,11,13H,3,7H2,1-2H3;4-6,9,13H,3,7H2,1-2H3. The summed E-state index contributed by atoms with van der Waals surface area (Å²) in [5, 5.41) is 17.5. The number of benzene rings is 6. The molecule has 19 nitrogen and oxygen atoms in total. The molecule has 25 heteroatoms. The summed E-state index contributed by atoms with van der Waals surface area (Å²) in [6.45, 7) is 26.9. The minimum absolute atomic E-state index is 0.00892. The van der Waals surface area contributed by atoms with Gasteiger partial charge in [0, 0.05) is 6.54 Å². The zero-order valence-corrected chi connectivity index (χ0v) is 57.1. The number of aliphatic hydroxyl groups excluding tert-OH is 2. The molecule has 12 rings (SSSR count). The molecule has 0 saturated heterocycles. The Morgan fingerprint density at radius 1 is 0.383 bits per heavy atom. The van der Waals surface area contributed by atoms with Gasteiger partial charge < -0.3 is 72.3 Å². The summed E-state index contributed by atoms with van der Waals surface area (Å²) in [5.74, 6) is 4.63. The molecule has 0 spiro atoms. The highest BCUT2D eigenvalue weighted by Gasteiger charge is 2.37. The lowest BCUT2D eigenvalue weighted by Gasteiger charge is -2.11. The number of hydrogen-bond acceptors (Lipinski definition) is 19. The number of rotatable bonds is 20. The zero-order chi connectivity index (χ0) is 68.2. The van der Waals surface area contributed by atoms with E-state index in [1.807, 2.05) is 112 Å². The zero-order valence-electron chi connectivity index (χ0n) is 57.1. The van der Waals surface area contributed by atoms with Crippen molar-refractivity contribution >= 4 is 85.8 Å². The molecule has 0 fully saturated rings. The first-order valence-electron chi connectivity index (χ1n) is 33.1. The topological polar surface area (TPSA) is 263 Å². The number of fused-ring (bicyclic) bond motifs is 6. The Balaban J connectivity index is 0.000000160. The summed E-state index contributed by atoms with van der Waals surface area (Å²) < 4.78 is 66.7. The second kappa shape index (κ2) is 36.5. The van der Waals surface area contributed by atoms with E-state index in [2.05, 4.69) is 72.5 Å². The highest BCUT2D eigenvalue weighted by molar-refractivity contribution is 6.70. The molecular weight excluding hydrogens is 1190 g/mol. The molecule has 6 aromatic carbocycles. The van der Waals surface area contributed by atoms with E-state index in [-0.39, 0.29) is 130 Å². The van der Waals surface area contributed by atoms with E-state index in [1.54, 1.807) is 0 Å². The first-order chi connectivity index (χ1) is 45.3. The summed E-state index contributed by atoms with van der Waals surface area (Å²) >= 11 is 0. The van der Waals surface area contributed by atoms with Crippen LogP contribution in [0.3, 0.4) is 0 Å². The van der Waals surface area contributed by atoms with Gasteiger partial charge >= 0.3 is 41.5 Å². The lowest BCUT2D eigenvalue weighted by Crippen LogP contribution is -2.27. The van der Waals surface area contributed by atoms with Gasteiger partial charge in [-0.05, 0) is 167 Å². The normalized spacial score (nSPS) is 18.7. The number of aliphatic hydroxyl groups is 2. The first kappa shape index (κ1) is 74.8. The van der Waals surface area contributed by atoms with Gasteiger partial charge in [0.2, 0.25) is 0 Å². The van der Waals surface area contributed by atoms with Crippen molar-refractivity contribution in [1.29, 1.82) is 0 Å². The number of carbonyl (C=O) groups excluding carboxylic acids is 2. The van der Waals surface area contributed by atoms with E-state index < -0.39 is 0 Å². The van der Waals surface area contributed by atoms with Crippen molar-refractivity contribution in [2.45, 2.75) is 158 Å². The van der Waals surface area contributed by atoms with Gasteiger partial charge in [0.15, 0.2) is 25.2 Å². The van der Waals surface area contributed by atoms with E-state index >= 15 is 0 Å². The number of ketones is 2. The molecule has 6 atom stereocenters. The first-order valence-corrected chi connectivity index (χ1v) is 33.1. The lowest BCUT2D eigenvalue weighted by atomic mass is 9.63. The average molecular weight is 1290 g/mol. The molecule has 0 aliphatic carbocycles. The molecule has 0 bridgehead atoms. The Morgan fingerprint density at radius 3 is 1.04 bits per heavy atom. The maximum Gasteiger partial charge on any atom is 0.328 e. The quantitative estimate of drug-likeness (QED) is 0.0362. The molecule has 500 valence electrons. The van der Waals surface area contributed by atoms with Crippen LogP contribution in [0, 0.1) is 0 Å². The van der Waals surface area contributed by atoms with Crippen LogP contribution >= 0.6 is 0 Å². The van der Waals surface area contributed by atoms with Crippen LogP contribution < -0.4 is 78.4 Å². The summed E-state index contributed by atoms with van der Waals surface area (Å²) in [5.41, 5.74) is 30.5. The van der Waals surface area contributed by atoms with Crippen molar-refractivity contribution in [3.8, 4) is 34.5 Å². The summed E-state index contributed by atoms with van der Waals surface area (Å²) in [7, 11) is 0. The SMILES string of the molecule is CB1OC(CN)c2ccc(OCC(C)=O)cc21.CCC1OB(C)c2c(OCC(C)=O)cccc21.CCC1OB(C)c2c(OCN)cccc21.CCC1OB(C)c2c(OCO)cccc21.CCC1OB(C)c2cc(OCN)ccc21.CCC1OB(C)c2cc(OCO)ccc21. The van der Waals surface area contributed by atoms with Gasteiger partial charge in [-0.25, -0.2) is 0 Å². The fourth-order valence-electron chi connectivity index (χ4n) is 12.9. The van der Waals surface area contributed by atoms with Gasteiger partial charge in [0.1, 0.15) is 61.2 Å². The van der Waals surface area contributed by atoms with Crippen LogP contribution in [0.15, 0.2) is 109 Å². The molecule has 6 aliphatic rings. The Labute approximate surface area is 558 Å². The third kappa shape index (κ3) is 18.7. The molecule has 0 saturated carbocycles. The predicted octanol–water partition coefficient (Wildman–Crippen LogP) is 7.71. The minimum Gasteiger partial charge on any atom is -0.486 e. The van der Waals surface area contributed by atoms with Gasteiger partial charge in [-0.1, -0.05) is 130 Å². The Morgan fingerprint density at radius 2 is 0.691 bits per heavy atom. The number of carbonyl (C=O) groups is 2. The van der Waals surface area contributed by atoms with Crippen LogP contribution in [0.2, 0.25) is 40.9 Å². The Hall–Kier alpha value is -6.59.